The first-order valence-corrected chi connectivity index (χ1v) is 14.5. The summed E-state index contributed by atoms with van der Waals surface area (Å²) in [6.07, 6.45) is 5.34. The predicted molar refractivity (Wildman–Crippen MR) is 54.7 cm³/mol. The van der Waals surface area contributed by atoms with Gasteiger partial charge in [0.25, 0.3) is 0 Å². The number of hydrogen-bond acceptors (Lipinski definition) is 0. The zero-order chi connectivity index (χ0) is 8.70. The van der Waals surface area contributed by atoms with Gasteiger partial charge in [0.15, 0.2) is 0 Å². The van der Waals surface area contributed by atoms with Crippen molar-refractivity contribution in [1.82, 2.24) is 0 Å². The third-order valence-corrected chi connectivity index (χ3v) is 14.2. The van der Waals surface area contributed by atoms with Crippen molar-refractivity contribution in [1.29, 1.82) is 0 Å². The van der Waals surface area contributed by atoms with E-state index in [0.717, 1.165) is 0 Å². The summed E-state index contributed by atoms with van der Waals surface area (Å²) in [5.74, 6) is 0. The maximum atomic E-state index is 2.56. The molecule has 0 nitrogen and oxygen atoms in total. The van der Waals surface area contributed by atoms with Crippen LogP contribution in [0.25, 0.3) is 0 Å². The van der Waals surface area contributed by atoms with Crippen LogP contribution in [0.4, 0.5) is 0 Å². The molecule has 0 aromatic carbocycles. The number of hydrogen-bond donors (Lipinski definition) is 0. The van der Waals surface area contributed by atoms with Gasteiger partial charge in [-0.2, -0.15) is 0 Å². The standard InChI is InChI=1S/C7H11.3CH3.Sn/c1-6-3-4-7(2)5-6;;;;/h5H,3-4H2,1-2H3;3*1H3;. The molecule has 64 valence electrons. The molecule has 0 aliphatic heterocycles. The molecule has 0 spiro atoms. The average molecular weight is 259 g/mol. The van der Waals surface area contributed by atoms with E-state index >= 15 is 0 Å². The van der Waals surface area contributed by atoms with Gasteiger partial charge in [0.2, 0.25) is 0 Å². The van der Waals surface area contributed by atoms with Gasteiger partial charge >= 0.3 is 75.0 Å². The molecule has 0 bridgehead atoms. The van der Waals surface area contributed by atoms with Crippen molar-refractivity contribution in [3.8, 4) is 0 Å². The van der Waals surface area contributed by atoms with Crippen LogP contribution in [0.3, 0.4) is 0 Å². The quantitative estimate of drug-likeness (QED) is 0.496. The van der Waals surface area contributed by atoms with Crippen LogP contribution < -0.4 is 0 Å². The second-order valence-electron chi connectivity index (χ2n) is 5.16. The Morgan fingerprint density at radius 3 is 2.09 bits per heavy atom. The summed E-state index contributed by atoms with van der Waals surface area (Å²) in [6, 6.07) is 0. The Labute approximate surface area is 74.9 Å². The van der Waals surface area contributed by atoms with Crippen LogP contribution >= 0.6 is 0 Å². The third kappa shape index (κ3) is 1.82. The van der Waals surface area contributed by atoms with E-state index in [1.807, 2.05) is 0 Å². The van der Waals surface area contributed by atoms with Gasteiger partial charge in [-0.3, -0.25) is 0 Å². The van der Waals surface area contributed by atoms with Crippen molar-refractivity contribution in [2.75, 3.05) is 0 Å². The van der Waals surface area contributed by atoms with Gasteiger partial charge < -0.3 is 0 Å². The number of rotatable bonds is 1. The molecule has 1 atom stereocenters. The van der Waals surface area contributed by atoms with Gasteiger partial charge in [0.05, 0.1) is 0 Å². The Kier molecular flexibility index (Phi) is 2.44. The van der Waals surface area contributed by atoms with Gasteiger partial charge in [-0.1, -0.05) is 0 Å². The van der Waals surface area contributed by atoms with E-state index in [-0.39, 0.29) is 0 Å². The Bertz CT molecular complexity index is 186. The summed E-state index contributed by atoms with van der Waals surface area (Å²) in [7, 11) is 0. The second kappa shape index (κ2) is 2.79. The summed E-state index contributed by atoms with van der Waals surface area (Å²) < 4.78 is 0.652. The molecule has 0 aromatic rings. The van der Waals surface area contributed by atoms with Crippen molar-refractivity contribution in [3.05, 3.63) is 11.6 Å². The number of allylic oxidation sites excluding steroid dienone is 2. The third-order valence-electron chi connectivity index (χ3n) is 3.32. The fraction of sp³-hybridized carbons (Fsp3) is 0.800. The normalized spacial score (nSPS) is 32.3. The van der Waals surface area contributed by atoms with Crippen LogP contribution in [0.15, 0.2) is 11.6 Å². The first-order valence-electron chi connectivity index (χ1n) is 4.53. The summed E-state index contributed by atoms with van der Waals surface area (Å²) >= 11 is -1.68. The van der Waals surface area contributed by atoms with Crippen LogP contribution in [-0.4, -0.2) is 18.4 Å². The van der Waals surface area contributed by atoms with Crippen molar-refractivity contribution in [3.63, 3.8) is 0 Å². The molecule has 1 aliphatic carbocycles. The van der Waals surface area contributed by atoms with Crippen LogP contribution in [0.1, 0.15) is 26.7 Å². The van der Waals surface area contributed by atoms with E-state index in [0.29, 0.717) is 3.43 Å². The molecular weight excluding hydrogens is 239 g/mol. The summed E-state index contributed by atoms with van der Waals surface area (Å²) in [6.45, 7) is 4.75. The maximum absolute atomic E-state index is 2.56. The molecular formula is C10H20Sn. The van der Waals surface area contributed by atoms with Gasteiger partial charge in [-0.05, 0) is 0 Å². The summed E-state index contributed by atoms with van der Waals surface area (Å²) in [4.78, 5) is 7.64. The first-order chi connectivity index (χ1) is 4.85. The zero-order valence-corrected chi connectivity index (χ0v) is 11.3. The molecule has 0 heterocycles. The molecule has 1 aliphatic rings. The second-order valence-corrected chi connectivity index (χ2v) is 21.3. The Morgan fingerprint density at radius 2 is 1.91 bits per heavy atom. The monoisotopic (exact) mass is 260 g/mol. The van der Waals surface area contributed by atoms with Crippen LogP contribution in [0.2, 0.25) is 18.2 Å². The van der Waals surface area contributed by atoms with Gasteiger partial charge in [-0.15, -0.1) is 0 Å². The molecule has 11 heavy (non-hydrogen) atoms. The molecule has 0 aromatic heterocycles. The SMILES string of the molecule is CC1=C[C](C)([Sn]([CH3])([CH3])[CH3])CC1. The Balaban J connectivity index is 2.86. The van der Waals surface area contributed by atoms with Crippen molar-refractivity contribution < 1.29 is 0 Å². The van der Waals surface area contributed by atoms with Crippen LogP contribution in [0, 0.1) is 0 Å². The van der Waals surface area contributed by atoms with Gasteiger partial charge in [0, 0.05) is 0 Å². The summed E-state index contributed by atoms with van der Waals surface area (Å²) in [5.41, 5.74) is 1.62. The first kappa shape index (κ1) is 9.63. The zero-order valence-electron chi connectivity index (χ0n) is 8.49. The van der Waals surface area contributed by atoms with Crippen LogP contribution in [0.5, 0.6) is 0 Å². The van der Waals surface area contributed by atoms with Gasteiger partial charge in [0.1, 0.15) is 0 Å². The molecule has 0 saturated carbocycles. The van der Waals surface area contributed by atoms with E-state index in [1.165, 1.54) is 12.8 Å². The Hall–Kier alpha value is 0.539. The molecule has 1 unspecified atom stereocenters. The van der Waals surface area contributed by atoms with E-state index in [1.54, 1.807) is 5.57 Å². The molecule has 0 radical (unpaired) electrons. The van der Waals surface area contributed by atoms with Crippen molar-refractivity contribution in [2.45, 2.75) is 44.9 Å². The van der Waals surface area contributed by atoms with Crippen LogP contribution in [-0.2, 0) is 0 Å². The molecule has 0 saturated heterocycles. The predicted octanol–water partition coefficient (Wildman–Crippen LogP) is 3.83. The summed E-state index contributed by atoms with van der Waals surface area (Å²) in [5, 5.41) is 0. The molecule has 1 rings (SSSR count). The fourth-order valence-corrected chi connectivity index (χ4v) is 6.17. The topological polar surface area (TPSA) is 0 Å². The molecule has 0 N–H and O–H groups in total. The van der Waals surface area contributed by atoms with E-state index in [9.17, 15) is 0 Å². The fourth-order valence-electron chi connectivity index (χ4n) is 1.74. The molecule has 0 fully saturated rings. The minimum atomic E-state index is -1.68. The van der Waals surface area contributed by atoms with Gasteiger partial charge in [-0.25, -0.2) is 0 Å². The van der Waals surface area contributed by atoms with Crippen molar-refractivity contribution in [2.24, 2.45) is 0 Å². The minimum absolute atomic E-state index is 0.652. The Morgan fingerprint density at radius 1 is 1.36 bits per heavy atom. The molecule has 0 amide bonds. The average Bonchev–Trinajstić information content (AvgIpc) is 2.10. The van der Waals surface area contributed by atoms with Crippen molar-refractivity contribution >= 4 is 18.4 Å². The van der Waals surface area contributed by atoms with E-state index in [4.69, 9.17) is 0 Å². The molecule has 1 heteroatoms. The van der Waals surface area contributed by atoms with E-state index < -0.39 is 18.4 Å². The van der Waals surface area contributed by atoms with E-state index in [2.05, 4.69) is 34.7 Å².